The molecule has 1 heterocycles. The van der Waals surface area contributed by atoms with E-state index in [-0.39, 0.29) is 16.6 Å². The van der Waals surface area contributed by atoms with Crippen LogP contribution in [0.5, 0.6) is 5.75 Å². The van der Waals surface area contributed by atoms with Gasteiger partial charge < -0.3 is 14.4 Å². The number of rotatable bonds is 1. The number of carbonyl (C=O) groups excluding carboxylic acids is 1. The van der Waals surface area contributed by atoms with E-state index in [1.807, 2.05) is 0 Å². The Morgan fingerprint density at radius 3 is 2.53 bits per heavy atom. The molecule has 1 N–H and O–H groups in total. The number of carbonyl (C=O) groups is 1. The second-order valence-electron chi connectivity index (χ2n) is 3.53. The van der Waals surface area contributed by atoms with Gasteiger partial charge in [-0.3, -0.25) is 0 Å². The first kappa shape index (κ1) is 11.4. The highest BCUT2D eigenvalue weighted by molar-refractivity contribution is 6.01. The van der Waals surface area contributed by atoms with Crippen LogP contribution >= 0.6 is 0 Å². The van der Waals surface area contributed by atoms with Gasteiger partial charge in [0.1, 0.15) is 0 Å². The van der Waals surface area contributed by atoms with Crippen LogP contribution in [0.4, 0.5) is 8.78 Å². The SMILES string of the molecule is COC(=O)c1c(O)c2cc(F)c(F)cc2n1C. The average molecular weight is 241 g/mol. The Kier molecular flexibility index (Phi) is 2.49. The first-order chi connectivity index (χ1) is 7.97. The van der Waals surface area contributed by atoms with Crippen molar-refractivity contribution < 1.29 is 23.4 Å². The van der Waals surface area contributed by atoms with E-state index >= 15 is 0 Å². The Morgan fingerprint density at radius 1 is 1.35 bits per heavy atom. The number of fused-ring (bicyclic) bond motifs is 1. The van der Waals surface area contributed by atoms with Crippen molar-refractivity contribution in [1.29, 1.82) is 0 Å². The summed E-state index contributed by atoms with van der Waals surface area (Å²) in [5.41, 5.74) is 0.0642. The van der Waals surface area contributed by atoms with Gasteiger partial charge in [0.25, 0.3) is 0 Å². The van der Waals surface area contributed by atoms with Gasteiger partial charge in [-0.25, -0.2) is 13.6 Å². The lowest BCUT2D eigenvalue weighted by molar-refractivity contribution is 0.0587. The first-order valence-electron chi connectivity index (χ1n) is 4.72. The minimum Gasteiger partial charge on any atom is -0.505 e. The van der Waals surface area contributed by atoms with Crippen LogP contribution in [0.3, 0.4) is 0 Å². The van der Waals surface area contributed by atoms with Crippen molar-refractivity contribution in [3.05, 3.63) is 29.5 Å². The van der Waals surface area contributed by atoms with Gasteiger partial charge >= 0.3 is 5.97 Å². The van der Waals surface area contributed by atoms with Gasteiger partial charge in [0, 0.05) is 18.5 Å². The van der Waals surface area contributed by atoms with Crippen LogP contribution in [0.1, 0.15) is 10.5 Å². The molecule has 2 rings (SSSR count). The molecule has 0 aliphatic carbocycles. The predicted octanol–water partition coefficient (Wildman–Crippen LogP) is 1.95. The highest BCUT2D eigenvalue weighted by atomic mass is 19.2. The van der Waals surface area contributed by atoms with Crippen LogP contribution in [0.2, 0.25) is 0 Å². The van der Waals surface area contributed by atoms with Gasteiger partial charge in [0.15, 0.2) is 23.1 Å². The second-order valence-corrected chi connectivity index (χ2v) is 3.53. The number of ether oxygens (including phenoxy) is 1. The van der Waals surface area contributed by atoms with E-state index in [2.05, 4.69) is 4.74 Å². The topological polar surface area (TPSA) is 51.5 Å². The van der Waals surface area contributed by atoms with Crippen LogP contribution < -0.4 is 0 Å². The third-order valence-electron chi connectivity index (χ3n) is 2.59. The van der Waals surface area contributed by atoms with E-state index < -0.39 is 23.4 Å². The van der Waals surface area contributed by atoms with Gasteiger partial charge in [-0.15, -0.1) is 0 Å². The molecule has 2 aromatic rings. The van der Waals surface area contributed by atoms with Crippen molar-refractivity contribution in [1.82, 2.24) is 4.57 Å². The molecule has 0 amide bonds. The van der Waals surface area contributed by atoms with E-state index in [0.717, 1.165) is 19.2 Å². The van der Waals surface area contributed by atoms with Gasteiger partial charge in [0.05, 0.1) is 12.6 Å². The number of esters is 1. The second kappa shape index (κ2) is 3.73. The Bertz CT molecular complexity index is 574. The molecule has 6 heteroatoms. The predicted molar refractivity (Wildman–Crippen MR) is 55.8 cm³/mol. The maximum Gasteiger partial charge on any atom is 0.358 e. The summed E-state index contributed by atoms with van der Waals surface area (Å²) in [5.74, 6) is -3.33. The van der Waals surface area contributed by atoms with Crippen LogP contribution in [0, 0.1) is 11.6 Å². The molecule has 1 aromatic heterocycles. The number of halogens is 2. The number of methoxy groups -OCH3 is 1. The largest absolute Gasteiger partial charge is 0.505 e. The summed E-state index contributed by atoms with van der Waals surface area (Å²) in [4.78, 5) is 11.4. The molecule has 0 aliphatic rings. The molecule has 0 fully saturated rings. The van der Waals surface area contributed by atoms with Crippen LogP contribution in [-0.2, 0) is 11.8 Å². The summed E-state index contributed by atoms with van der Waals surface area (Å²) in [7, 11) is 2.60. The lowest BCUT2D eigenvalue weighted by atomic mass is 10.2. The molecule has 0 saturated heterocycles. The third-order valence-corrected chi connectivity index (χ3v) is 2.59. The highest BCUT2D eigenvalue weighted by Crippen LogP contribution is 2.33. The molecule has 0 aliphatic heterocycles. The summed E-state index contributed by atoms with van der Waals surface area (Å²) in [6.07, 6.45) is 0. The zero-order valence-electron chi connectivity index (χ0n) is 9.12. The quantitative estimate of drug-likeness (QED) is 0.776. The van der Waals surface area contributed by atoms with Crippen LogP contribution in [-0.4, -0.2) is 22.8 Å². The first-order valence-corrected chi connectivity index (χ1v) is 4.72. The Balaban J connectivity index is 2.85. The number of aryl methyl sites for hydroxylation is 1. The summed E-state index contributed by atoms with van der Waals surface area (Å²) in [6, 6.07) is 1.75. The Morgan fingerprint density at radius 2 is 1.94 bits per heavy atom. The summed E-state index contributed by atoms with van der Waals surface area (Å²) < 4.78 is 31.8. The molecule has 0 saturated carbocycles. The van der Waals surface area contributed by atoms with Gasteiger partial charge in [0.2, 0.25) is 0 Å². The van der Waals surface area contributed by atoms with Gasteiger partial charge in [-0.1, -0.05) is 0 Å². The lowest BCUT2D eigenvalue weighted by Gasteiger charge is -2.01. The average Bonchev–Trinajstić information content (AvgIpc) is 2.52. The number of nitrogens with zero attached hydrogens (tertiary/aromatic N) is 1. The number of aromatic nitrogens is 1. The Labute approximate surface area is 95.0 Å². The number of aromatic hydroxyl groups is 1. The number of hydrogen-bond donors (Lipinski definition) is 1. The molecule has 0 atom stereocenters. The molecule has 0 radical (unpaired) electrons. The number of hydrogen-bond acceptors (Lipinski definition) is 3. The molecule has 4 nitrogen and oxygen atoms in total. The molecular formula is C11H9F2NO3. The van der Waals surface area contributed by atoms with Crippen molar-refractivity contribution in [3.8, 4) is 5.75 Å². The standard InChI is InChI=1S/C11H9F2NO3/c1-14-8-4-7(13)6(12)3-5(8)10(15)9(14)11(16)17-2/h3-4,15H,1-2H3. The maximum atomic E-state index is 13.1. The zero-order chi connectivity index (χ0) is 12.7. The molecule has 0 bridgehead atoms. The van der Waals surface area contributed by atoms with E-state index in [1.54, 1.807) is 0 Å². The van der Waals surface area contributed by atoms with Crippen molar-refractivity contribution >= 4 is 16.9 Å². The minimum atomic E-state index is -1.09. The number of benzene rings is 1. The fourth-order valence-corrected chi connectivity index (χ4v) is 1.74. The van der Waals surface area contributed by atoms with Crippen LogP contribution in [0.25, 0.3) is 10.9 Å². The summed E-state index contributed by atoms with van der Waals surface area (Å²) >= 11 is 0. The zero-order valence-corrected chi connectivity index (χ0v) is 9.12. The van der Waals surface area contributed by atoms with Crippen LogP contribution in [0.15, 0.2) is 12.1 Å². The minimum absolute atomic E-state index is 0.0619. The van der Waals surface area contributed by atoms with E-state index in [1.165, 1.54) is 11.6 Å². The van der Waals surface area contributed by atoms with Crippen molar-refractivity contribution in [2.24, 2.45) is 7.05 Å². The lowest BCUT2D eigenvalue weighted by Crippen LogP contribution is -2.07. The highest BCUT2D eigenvalue weighted by Gasteiger charge is 2.22. The van der Waals surface area contributed by atoms with Gasteiger partial charge in [-0.05, 0) is 6.07 Å². The van der Waals surface area contributed by atoms with E-state index in [4.69, 9.17) is 0 Å². The summed E-state index contributed by atoms with van der Waals surface area (Å²) in [5, 5.41) is 9.84. The maximum absolute atomic E-state index is 13.1. The fourth-order valence-electron chi connectivity index (χ4n) is 1.74. The molecule has 17 heavy (non-hydrogen) atoms. The summed E-state index contributed by atoms with van der Waals surface area (Å²) in [6.45, 7) is 0. The molecule has 90 valence electrons. The van der Waals surface area contributed by atoms with E-state index in [0.29, 0.717) is 0 Å². The molecule has 0 unspecified atom stereocenters. The molecule has 1 aromatic carbocycles. The van der Waals surface area contributed by atoms with Crippen molar-refractivity contribution in [3.63, 3.8) is 0 Å². The smallest absolute Gasteiger partial charge is 0.358 e. The van der Waals surface area contributed by atoms with Crippen molar-refractivity contribution in [2.75, 3.05) is 7.11 Å². The molecule has 0 spiro atoms. The third kappa shape index (κ3) is 1.52. The normalized spacial score (nSPS) is 10.8. The van der Waals surface area contributed by atoms with E-state index in [9.17, 15) is 18.7 Å². The van der Waals surface area contributed by atoms with Gasteiger partial charge in [-0.2, -0.15) is 0 Å². The van der Waals surface area contributed by atoms with Crippen molar-refractivity contribution in [2.45, 2.75) is 0 Å². The Hall–Kier alpha value is -2.11. The molecular weight excluding hydrogens is 232 g/mol. The fraction of sp³-hybridized carbons (Fsp3) is 0.182. The monoisotopic (exact) mass is 241 g/mol.